The second kappa shape index (κ2) is 9.82. The number of benzene rings is 3. The van der Waals surface area contributed by atoms with E-state index >= 15 is 0 Å². The molecule has 4 rings (SSSR count). The van der Waals surface area contributed by atoms with E-state index in [1.807, 2.05) is 18.2 Å². The first-order valence-corrected chi connectivity index (χ1v) is 11.1. The Bertz CT molecular complexity index is 1430. The molecule has 0 bridgehead atoms. The summed E-state index contributed by atoms with van der Waals surface area (Å²) in [5, 5.41) is 24.6. The highest BCUT2D eigenvalue weighted by Gasteiger charge is 2.16. The Morgan fingerprint density at radius 1 is 0.971 bits per heavy atom. The van der Waals surface area contributed by atoms with E-state index in [9.17, 15) is 14.7 Å². The third-order valence-corrected chi connectivity index (χ3v) is 6.35. The van der Waals surface area contributed by atoms with Crippen LogP contribution in [0.15, 0.2) is 54.6 Å². The number of fused-ring (bicyclic) bond motifs is 3. The van der Waals surface area contributed by atoms with Crippen molar-refractivity contribution >= 4 is 50.8 Å². The molecule has 1 heterocycles. The van der Waals surface area contributed by atoms with Crippen molar-refractivity contribution in [1.29, 1.82) is 0 Å². The number of methoxy groups -OCH3 is 2. The molecule has 9 heteroatoms. The maximum atomic E-state index is 13.2. The van der Waals surface area contributed by atoms with E-state index in [0.717, 1.165) is 20.5 Å². The van der Waals surface area contributed by atoms with Crippen LogP contribution in [0.25, 0.3) is 27.6 Å². The molecule has 0 aliphatic heterocycles. The quantitative estimate of drug-likeness (QED) is 0.137. The molecule has 0 spiro atoms. The van der Waals surface area contributed by atoms with Gasteiger partial charge < -0.3 is 19.9 Å². The number of rotatable bonds is 7. The Hall–Kier alpha value is -4.08. The zero-order valence-corrected chi connectivity index (χ0v) is 19.2. The lowest BCUT2D eigenvalue weighted by molar-refractivity contribution is -0.124. The lowest BCUT2D eigenvalue weighted by atomic mass is 9.96. The topological polar surface area (TPSA) is 117 Å². The molecule has 1 aromatic heterocycles. The molecule has 0 fully saturated rings. The SMILES string of the molecule is COc1cc2cc(C(=O)NCc3ccc(C=CC(=O)NO)s3)c3ccc(O)cc3c2cc1OC. The molecule has 8 nitrogen and oxygen atoms in total. The van der Waals surface area contributed by atoms with Gasteiger partial charge in [0.1, 0.15) is 5.75 Å². The Balaban J connectivity index is 1.66. The smallest absolute Gasteiger partial charge is 0.267 e. The van der Waals surface area contributed by atoms with Gasteiger partial charge in [-0.2, -0.15) is 0 Å². The van der Waals surface area contributed by atoms with Crippen LogP contribution in [0.1, 0.15) is 20.1 Å². The van der Waals surface area contributed by atoms with Gasteiger partial charge in [-0.3, -0.25) is 14.8 Å². The third-order valence-electron chi connectivity index (χ3n) is 5.30. The van der Waals surface area contributed by atoms with Crippen molar-refractivity contribution in [2.75, 3.05) is 14.2 Å². The molecular weight excluding hydrogens is 456 g/mol. The molecule has 0 radical (unpaired) electrons. The maximum absolute atomic E-state index is 13.2. The van der Waals surface area contributed by atoms with Crippen LogP contribution in [0.5, 0.6) is 17.2 Å². The van der Waals surface area contributed by atoms with Crippen molar-refractivity contribution in [3.05, 3.63) is 69.9 Å². The number of carbonyl (C=O) groups is 2. The van der Waals surface area contributed by atoms with Crippen LogP contribution in [0.3, 0.4) is 0 Å². The second-order valence-electron chi connectivity index (χ2n) is 7.38. The number of nitrogens with one attached hydrogen (secondary N) is 2. The largest absolute Gasteiger partial charge is 0.508 e. The minimum absolute atomic E-state index is 0.0928. The molecule has 0 saturated carbocycles. The van der Waals surface area contributed by atoms with Crippen LogP contribution in [-0.4, -0.2) is 36.3 Å². The zero-order valence-electron chi connectivity index (χ0n) is 18.4. The fourth-order valence-corrected chi connectivity index (χ4v) is 4.55. The predicted molar refractivity (Wildman–Crippen MR) is 131 cm³/mol. The van der Waals surface area contributed by atoms with Gasteiger partial charge in [-0.25, -0.2) is 5.48 Å². The number of thiophene rings is 1. The summed E-state index contributed by atoms with van der Waals surface area (Å²) in [6.45, 7) is 0.299. The van der Waals surface area contributed by atoms with Crippen LogP contribution in [0, 0.1) is 0 Å². The lowest BCUT2D eigenvalue weighted by Crippen LogP contribution is -2.22. The van der Waals surface area contributed by atoms with E-state index in [0.29, 0.717) is 34.4 Å². The minimum atomic E-state index is -0.619. The van der Waals surface area contributed by atoms with E-state index in [1.165, 1.54) is 22.9 Å². The maximum Gasteiger partial charge on any atom is 0.267 e. The lowest BCUT2D eigenvalue weighted by Gasteiger charge is -2.14. The molecule has 3 aromatic carbocycles. The van der Waals surface area contributed by atoms with Crippen molar-refractivity contribution in [2.45, 2.75) is 6.54 Å². The van der Waals surface area contributed by atoms with Gasteiger partial charge in [0.05, 0.1) is 20.8 Å². The minimum Gasteiger partial charge on any atom is -0.508 e. The second-order valence-corrected chi connectivity index (χ2v) is 8.58. The number of hydroxylamine groups is 1. The summed E-state index contributed by atoms with van der Waals surface area (Å²) in [5.74, 6) is 0.296. The first-order valence-electron chi connectivity index (χ1n) is 10.2. The highest BCUT2D eigenvalue weighted by atomic mass is 32.1. The fourth-order valence-electron chi connectivity index (χ4n) is 3.70. The third kappa shape index (κ3) is 4.66. The molecule has 0 aliphatic rings. The average Bonchev–Trinajstić information content (AvgIpc) is 3.32. The number of amides is 2. The molecule has 4 N–H and O–H groups in total. The van der Waals surface area contributed by atoms with Crippen LogP contribution in [-0.2, 0) is 11.3 Å². The first kappa shape index (κ1) is 23.1. The van der Waals surface area contributed by atoms with Gasteiger partial charge in [0.25, 0.3) is 11.8 Å². The monoisotopic (exact) mass is 478 g/mol. The van der Waals surface area contributed by atoms with E-state index in [-0.39, 0.29) is 11.7 Å². The van der Waals surface area contributed by atoms with Crippen molar-refractivity contribution in [1.82, 2.24) is 10.8 Å². The van der Waals surface area contributed by atoms with Gasteiger partial charge in [0.2, 0.25) is 0 Å². The normalized spacial score (nSPS) is 11.1. The summed E-state index contributed by atoms with van der Waals surface area (Å²) in [7, 11) is 3.10. The number of hydrogen-bond acceptors (Lipinski definition) is 7. The van der Waals surface area contributed by atoms with Crippen LogP contribution in [0.4, 0.5) is 0 Å². The van der Waals surface area contributed by atoms with Gasteiger partial charge in [0.15, 0.2) is 11.5 Å². The number of phenolic OH excluding ortho intramolecular Hbond substituents is 1. The van der Waals surface area contributed by atoms with Crippen LogP contribution >= 0.6 is 11.3 Å². The van der Waals surface area contributed by atoms with E-state index < -0.39 is 5.91 Å². The molecule has 2 amide bonds. The number of carbonyl (C=O) groups excluding carboxylic acids is 2. The Morgan fingerprint density at radius 2 is 1.74 bits per heavy atom. The molecule has 0 atom stereocenters. The van der Waals surface area contributed by atoms with Crippen LogP contribution < -0.4 is 20.3 Å². The number of phenols is 1. The predicted octanol–water partition coefficient (Wildman–Crippen LogP) is 4.23. The number of aromatic hydroxyl groups is 1. The summed E-state index contributed by atoms with van der Waals surface area (Å²) < 4.78 is 10.8. The highest BCUT2D eigenvalue weighted by molar-refractivity contribution is 7.12. The molecular formula is C25H22N2O6S. The van der Waals surface area contributed by atoms with Gasteiger partial charge >= 0.3 is 0 Å². The standard InChI is InChI=1S/C25H22N2O6S/c1-32-22-10-14-9-21(18-7-3-15(28)11-20(18)19(14)12-23(22)33-2)25(30)26-13-17-5-4-16(34-17)6-8-24(29)27-31/h3-12,28,31H,13H2,1-2H3,(H,26,30)(H,27,29). The summed E-state index contributed by atoms with van der Waals surface area (Å²) in [6.07, 6.45) is 2.79. The molecule has 0 aliphatic carbocycles. The van der Waals surface area contributed by atoms with E-state index in [4.69, 9.17) is 14.7 Å². The van der Waals surface area contributed by atoms with Crippen molar-refractivity contribution < 1.29 is 29.4 Å². The van der Waals surface area contributed by atoms with E-state index in [1.54, 1.807) is 50.6 Å². The van der Waals surface area contributed by atoms with Gasteiger partial charge in [0, 0.05) is 21.4 Å². The zero-order chi connectivity index (χ0) is 24.2. The van der Waals surface area contributed by atoms with Crippen molar-refractivity contribution in [3.8, 4) is 17.2 Å². The summed E-state index contributed by atoms with van der Waals surface area (Å²) >= 11 is 1.41. The van der Waals surface area contributed by atoms with Crippen molar-refractivity contribution in [2.24, 2.45) is 0 Å². The highest BCUT2D eigenvalue weighted by Crippen LogP contribution is 2.38. The van der Waals surface area contributed by atoms with Gasteiger partial charge in [-0.05, 0) is 76.2 Å². The fraction of sp³-hybridized carbons (Fsp3) is 0.120. The number of ether oxygens (including phenoxy) is 2. The summed E-state index contributed by atoms with van der Waals surface area (Å²) in [6, 6.07) is 14.0. The first-order chi connectivity index (χ1) is 16.4. The molecule has 174 valence electrons. The van der Waals surface area contributed by atoms with Crippen LogP contribution in [0.2, 0.25) is 0 Å². The summed E-state index contributed by atoms with van der Waals surface area (Å²) in [5.41, 5.74) is 2.00. The summed E-state index contributed by atoms with van der Waals surface area (Å²) in [4.78, 5) is 26.0. The Labute approximate surface area is 199 Å². The number of hydrogen-bond donors (Lipinski definition) is 4. The molecule has 34 heavy (non-hydrogen) atoms. The van der Waals surface area contributed by atoms with Gasteiger partial charge in [-0.15, -0.1) is 11.3 Å². The Kier molecular flexibility index (Phi) is 6.67. The van der Waals surface area contributed by atoms with Gasteiger partial charge in [-0.1, -0.05) is 0 Å². The van der Waals surface area contributed by atoms with Crippen molar-refractivity contribution in [3.63, 3.8) is 0 Å². The molecule has 4 aromatic rings. The molecule has 0 unspecified atom stereocenters. The molecule has 0 saturated heterocycles. The van der Waals surface area contributed by atoms with E-state index in [2.05, 4.69) is 5.32 Å². The average molecular weight is 479 g/mol. The Morgan fingerprint density at radius 3 is 2.47 bits per heavy atom.